The number of ether oxygens (including phenoxy) is 1. The van der Waals surface area contributed by atoms with E-state index in [1.54, 1.807) is 0 Å². The van der Waals surface area contributed by atoms with E-state index in [1.807, 2.05) is 12.3 Å². The average Bonchev–Trinajstić information content (AvgIpc) is 3.36. The second-order valence-electron chi connectivity index (χ2n) is 6.20. The molecule has 1 unspecified atom stereocenters. The zero-order chi connectivity index (χ0) is 14.5. The fourth-order valence-corrected chi connectivity index (χ4v) is 3.00. The van der Waals surface area contributed by atoms with Crippen molar-refractivity contribution in [3.05, 3.63) is 18.3 Å². The Bertz CT molecular complexity index is 447. The summed E-state index contributed by atoms with van der Waals surface area (Å²) in [5, 5.41) is 3.68. The zero-order valence-electron chi connectivity index (χ0n) is 13.1. The van der Waals surface area contributed by atoms with Gasteiger partial charge in [-0.2, -0.15) is 0 Å². The molecule has 3 rings (SSSR count). The maximum atomic E-state index is 5.90. The number of hydrogen-bond donors (Lipinski definition) is 1. The summed E-state index contributed by atoms with van der Waals surface area (Å²) >= 11 is 0. The van der Waals surface area contributed by atoms with Crippen LogP contribution in [-0.4, -0.2) is 36.8 Å². The maximum absolute atomic E-state index is 5.90. The van der Waals surface area contributed by atoms with E-state index in [9.17, 15) is 0 Å². The monoisotopic (exact) mass is 289 g/mol. The third-order valence-electron chi connectivity index (χ3n) is 4.33. The van der Waals surface area contributed by atoms with Gasteiger partial charge in [0.05, 0.1) is 6.61 Å². The molecule has 1 aromatic rings. The standard InChI is InChI=1S/C17H27N3O/c1-2-12-21-16-7-5-10-18-17(16)20-11-4-3-6-15(20)13-19-14-8-9-14/h5,7,10,14-15,19H,2-4,6,8-9,11-13H2,1H3. The zero-order valence-corrected chi connectivity index (χ0v) is 13.1. The first-order valence-corrected chi connectivity index (χ1v) is 8.46. The number of nitrogens with one attached hydrogen (secondary N) is 1. The Morgan fingerprint density at radius 1 is 1.33 bits per heavy atom. The summed E-state index contributed by atoms with van der Waals surface area (Å²) in [4.78, 5) is 7.08. The molecule has 2 fully saturated rings. The molecule has 0 spiro atoms. The minimum atomic E-state index is 0.554. The van der Waals surface area contributed by atoms with E-state index in [1.165, 1.54) is 32.1 Å². The molecule has 0 amide bonds. The van der Waals surface area contributed by atoms with E-state index in [0.29, 0.717) is 6.04 Å². The van der Waals surface area contributed by atoms with E-state index in [0.717, 1.165) is 43.7 Å². The molecule has 2 aliphatic rings. The molecule has 4 heteroatoms. The molecular formula is C17H27N3O. The van der Waals surface area contributed by atoms with Crippen molar-refractivity contribution in [2.45, 2.75) is 57.5 Å². The first-order valence-electron chi connectivity index (χ1n) is 8.46. The molecule has 1 N–H and O–H groups in total. The van der Waals surface area contributed by atoms with Gasteiger partial charge < -0.3 is 15.0 Å². The Balaban J connectivity index is 1.71. The van der Waals surface area contributed by atoms with Gasteiger partial charge in [0.15, 0.2) is 11.6 Å². The lowest BCUT2D eigenvalue weighted by molar-refractivity contribution is 0.313. The normalized spacial score (nSPS) is 22.3. The lowest BCUT2D eigenvalue weighted by atomic mass is 10.0. The van der Waals surface area contributed by atoms with Crippen LogP contribution in [0.15, 0.2) is 18.3 Å². The van der Waals surface area contributed by atoms with Crippen LogP contribution < -0.4 is 15.0 Å². The molecule has 1 aromatic heterocycles. The summed E-state index contributed by atoms with van der Waals surface area (Å²) < 4.78 is 5.90. The van der Waals surface area contributed by atoms with Gasteiger partial charge in [-0.1, -0.05) is 6.92 Å². The highest BCUT2D eigenvalue weighted by Crippen LogP contribution is 2.31. The van der Waals surface area contributed by atoms with Crippen LogP contribution in [0.2, 0.25) is 0 Å². The van der Waals surface area contributed by atoms with Crippen molar-refractivity contribution in [2.75, 3.05) is 24.6 Å². The van der Waals surface area contributed by atoms with Gasteiger partial charge >= 0.3 is 0 Å². The SMILES string of the molecule is CCCOc1cccnc1N1CCCCC1CNC1CC1. The van der Waals surface area contributed by atoms with Gasteiger partial charge in [0.1, 0.15) is 0 Å². The Morgan fingerprint density at radius 2 is 2.24 bits per heavy atom. The number of hydrogen-bond acceptors (Lipinski definition) is 4. The summed E-state index contributed by atoms with van der Waals surface area (Å²) in [6, 6.07) is 5.35. The molecule has 4 nitrogen and oxygen atoms in total. The molecule has 1 aliphatic carbocycles. The van der Waals surface area contributed by atoms with E-state index < -0.39 is 0 Å². The lowest BCUT2D eigenvalue weighted by Crippen LogP contribution is -2.46. The van der Waals surface area contributed by atoms with Crippen LogP contribution in [0.1, 0.15) is 45.4 Å². The first-order chi connectivity index (χ1) is 10.4. The van der Waals surface area contributed by atoms with Gasteiger partial charge in [-0.3, -0.25) is 0 Å². The van der Waals surface area contributed by atoms with Crippen LogP contribution in [0.5, 0.6) is 5.75 Å². The third-order valence-corrected chi connectivity index (χ3v) is 4.33. The Hall–Kier alpha value is -1.29. The summed E-state index contributed by atoms with van der Waals surface area (Å²) in [5.74, 6) is 1.98. The van der Waals surface area contributed by atoms with Crippen molar-refractivity contribution in [1.82, 2.24) is 10.3 Å². The highest BCUT2D eigenvalue weighted by molar-refractivity contribution is 5.53. The fraction of sp³-hybridized carbons (Fsp3) is 0.706. The molecule has 1 aliphatic heterocycles. The molecule has 116 valence electrons. The Morgan fingerprint density at radius 3 is 3.05 bits per heavy atom. The van der Waals surface area contributed by atoms with Crippen LogP contribution in [0, 0.1) is 0 Å². The lowest BCUT2D eigenvalue weighted by Gasteiger charge is -2.37. The van der Waals surface area contributed by atoms with Crippen LogP contribution >= 0.6 is 0 Å². The van der Waals surface area contributed by atoms with E-state index in [2.05, 4.69) is 28.2 Å². The van der Waals surface area contributed by atoms with Gasteiger partial charge in [-0.05, 0) is 50.7 Å². The summed E-state index contributed by atoms with van der Waals surface area (Å²) in [6.45, 7) is 5.07. The van der Waals surface area contributed by atoms with E-state index >= 15 is 0 Å². The van der Waals surface area contributed by atoms with Crippen LogP contribution in [0.25, 0.3) is 0 Å². The fourth-order valence-electron chi connectivity index (χ4n) is 3.00. The van der Waals surface area contributed by atoms with Crippen molar-refractivity contribution >= 4 is 5.82 Å². The maximum Gasteiger partial charge on any atom is 0.171 e. The van der Waals surface area contributed by atoms with Crippen molar-refractivity contribution in [2.24, 2.45) is 0 Å². The molecule has 0 radical (unpaired) electrons. The number of piperidine rings is 1. The highest BCUT2D eigenvalue weighted by Gasteiger charge is 2.28. The average molecular weight is 289 g/mol. The van der Waals surface area contributed by atoms with Gasteiger partial charge in [-0.15, -0.1) is 0 Å². The Labute approximate surface area is 127 Å². The number of rotatable bonds is 7. The van der Waals surface area contributed by atoms with Gasteiger partial charge in [0, 0.05) is 31.4 Å². The van der Waals surface area contributed by atoms with Gasteiger partial charge in [-0.25, -0.2) is 4.98 Å². The third kappa shape index (κ3) is 3.88. The highest BCUT2D eigenvalue weighted by atomic mass is 16.5. The van der Waals surface area contributed by atoms with Crippen LogP contribution in [0.4, 0.5) is 5.82 Å². The number of nitrogens with zero attached hydrogens (tertiary/aromatic N) is 2. The number of pyridine rings is 1. The number of anilines is 1. The molecule has 1 saturated heterocycles. The largest absolute Gasteiger partial charge is 0.490 e. The van der Waals surface area contributed by atoms with Crippen molar-refractivity contribution < 1.29 is 4.74 Å². The second-order valence-corrected chi connectivity index (χ2v) is 6.20. The summed E-state index contributed by atoms with van der Waals surface area (Å²) in [6.07, 6.45) is 9.44. The van der Waals surface area contributed by atoms with E-state index in [-0.39, 0.29) is 0 Å². The Kier molecular flexibility index (Phi) is 4.96. The minimum absolute atomic E-state index is 0.554. The van der Waals surface area contributed by atoms with Gasteiger partial charge in [0.25, 0.3) is 0 Å². The molecule has 1 atom stereocenters. The van der Waals surface area contributed by atoms with Crippen LogP contribution in [0.3, 0.4) is 0 Å². The van der Waals surface area contributed by atoms with Crippen molar-refractivity contribution in [3.63, 3.8) is 0 Å². The van der Waals surface area contributed by atoms with Gasteiger partial charge in [0.2, 0.25) is 0 Å². The predicted octanol–water partition coefficient (Wildman–Crippen LogP) is 2.98. The van der Waals surface area contributed by atoms with Crippen molar-refractivity contribution in [3.8, 4) is 5.75 Å². The molecule has 0 bridgehead atoms. The number of aromatic nitrogens is 1. The molecule has 2 heterocycles. The first kappa shape index (κ1) is 14.6. The smallest absolute Gasteiger partial charge is 0.171 e. The van der Waals surface area contributed by atoms with E-state index in [4.69, 9.17) is 4.74 Å². The quantitative estimate of drug-likeness (QED) is 0.837. The van der Waals surface area contributed by atoms with Crippen LogP contribution in [-0.2, 0) is 0 Å². The molecule has 1 saturated carbocycles. The molecule has 21 heavy (non-hydrogen) atoms. The summed E-state index contributed by atoms with van der Waals surface area (Å²) in [7, 11) is 0. The summed E-state index contributed by atoms with van der Waals surface area (Å²) in [5.41, 5.74) is 0. The second kappa shape index (κ2) is 7.12. The topological polar surface area (TPSA) is 37.4 Å². The van der Waals surface area contributed by atoms with Crippen molar-refractivity contribution in [1.29, 1.82) is 0 Å². The molecular weight excluding hydrogens is 262 g/mol. The predicted molar refractivity (Wildman–Crippen MR) is 86.0 cm³/mol. The minimum Gasteiger partial charge on any atom is -0.490 e. The molecule has 0 aromatic carbocycles.